The molecular weight excluding hydrogens is 355 g/mol. The van der Waals surface area contributed by atoms with Crippen molar-refractivity contribution in [2.45, 2.75) is 38.8 Å². The van der Waals surface area contributed by atoms with Crippen molar-refractivity contribution in [2.75, 3.05) is 13.1 Å². The smallest absolute Gasteiger partial charge is 0.242 e. The molecule has 1 amide bonds. The van der Waals surface area contributed by atoms with Gasteiger partial charge in [-0.3, -0.25) is 9.69 Å². The Morgan fingerprint density at radius 1 is 1.18 bits per heavy atom. The number of aromatic amines is 1. The summed E-state index contributed by atoms with van der Waals surface area (Å²) in [6.45, 7) is 4.13. The van der Waals surface area contributed by atoms with E-state index in [1.54, 1.807) is 12.1 Å². The number of amides is 1. The van der Waals surface area contributed by atoms with Crippen LogP contribution in [0.3, 0.4) is 0 Å². The lowest BCUT2D eigenvalue weighted by molar-refractivity contribution is -0.127. The zero-order chi connectivity index (χ0) is 19.5. The van der Waals surface area contributed by atoms with E-state index in [9.17, 15) is 9.18 Å². The third kappa shape index (κ3) is 4.07. The summed E-state index contributed by atoms with van der Waals surface area (Å²) >= 11 is 0. The van der Waals surface area contributed by atoms with Gasteiger partial charge in [-0.05, 0) is 68.2 Å². The zero-order valence-corrected chi connectivity index (χ0v) is 16.0. The summed E-state index contributed by atoms with van der Waals surface area (Å²) in [6, 6.07) is 11.9. The van der Waals surface area contributed by atoms with Crippen LogP contribution in [0.5, 0.6) is 0 Å². The highest BCUT2D eigenvalue weighted by atomic mass is 19.1. The van der Waals surface area contributed by atoms with Crippen LogP contribution in [0, 0.1) is 12.7 Å². The predicted molar refractivity (Wildman–Crippen MR) is 107 cm³/mol. The van der Waals surface area contributed by atoms with Crippen molar-refractivity contribution < 1.29 is 9.18 Å². The van der Waals surface area contributed by atoms with Crippen molar-refractivity contribution in [1.82, 2.24) is 20.2 Å². The van der Waals surface area contributed by atoms with Gasteiger partial charge in [0, 0.05) is 6.54 Å². The molecule has 0 bridgehead atoms. The minimum Gasteiger partial charge on any atom is -0.350 e. The van der Waals surface area contributed by atoms with Crippen molar-refractivity contribution >= 4 is 16.9 Å². The van der Waals surface area contributed by atoms with Crippen LogP contribution in [0.1, 0.15) is 42.3 Å². The lowest BCUT2D eigenvalue weighted by atomic mass is 10.0. The molecule has 1 aliphatic rings. The molecule has 0 radical (unpaired) electrons. The third-order valence-corrected chi connectivity index (χ3v) is 5.32. The highest BCUT2D eigenvalue weighted by molar-refractivity contribution is 5.83. The first-order valence-electron chi connectivity index (χ1n) is 9.82. The van der Waals surface area contributed by atoms with Crippen molar-refractivity contribution in [1.29, 1.82) is 0 Å². The van der Waals surface area contributed by atoms with Gasteiger partial charge >= 0.3 is 0 Å². The second-order valence-corrected chi connectivity index (χ2v) is 7.44. The fraction of sp³-hybridized carbons (Fsp3) is 0.364. The van der Waals surface area contributed by atoms with Crippen molar-refractivity contribution in [3.63, 3.8) is 0 Å². The largest absolute Gasteiger partial charge is 0.350 e. The number of benzene rings is 2. The average molecular weight is 380 g/mol. The number of likely N-dealkylation sites (tertiary alicyclic amines) is 1. The van der Waals surface area contributed by atoms with Crippen LogP contribution in [0.15, 0.2) is 42.5 Å². The molecule has 1 saturated heterocycles. The number of nitrogens with zero attached hydrogens (tertiary/aromatic N) is 2. The molecule has 1 atom stereocenters. The van der Waals surface area contributed by atoms with Crippen LogP contribution in [0.25, 0.3) is 11.0 Å². The molecule has 1 aromatic heterocycles. The number of carbonyl (C=O) groups is 1. The van der Waals surface area contributed by atoms with Crippen LogP contribution in [0.2, 0.25) is 0 Å². The molecule has 2 heterocycles. The van der Waals surface area contributed by atoms with Crippen LogP contribution in [0.4, 0.5) is 4.39 Å². The number of carbonyl (C=O) groups excluding carboxylic acids is 1. The highest BCUT2D eigenvalue weighted by Crippen LogP contribution is 2.25. The minimum absolute atomic E-state index is 0.0469. The summed E-state index contributed by atoms with van der Waals surface area (Å²) in [5.41, 5.74) is 3.74. The second-order valence-electron chi connectivity index (χ2n) is 7.44. The monoisotopic (exact) mass is 380 g/mol. The van der Waals surface area contributed by atoms with E-state index in [0.717, 1.165) is 53.9 Å². The maximum atomic E-state index is 13.4. The Bertz CT molecular complexity index is 960. The third-order valence-electron chi connectivity index (χ3n) is 5.32. The number of piperidine rings is 1. The molecule has 0 spiro atoms. The molecule has 1 aliphatic heterocycles. The Morgan fingerprint density at radius 3 is 2.68 bits per heavy atom. The summed E-state index contributed by atoms with van der Waals surface area (Å²) in [5.74, 6) is 0.539. The quantitative estimate of drug-likeness (QED) is 0.707. The van der Waals surface area contributed by atoms with Gasteiger partial charge in [-0.15, -0.1) is 0 Å². The Hall–Kier alpha value is -2.73. The first kappa shape index (κ1) is 18.6. The standard InChI is InChI=1S/C22H25FN4O/c1-15-25-19-10-5-16(13-20(19)26-15)14-24-22(28)21(27-11-3-2-4-12-27)17-6-8-18(23)9-7-17/h5-10,13,21H,2-4,11-12,14H2,1H3,(H,24,28)(H,25,26). The van der Waals surface area contributed by atoms with Crippen molar-refractivity contribution in [2.24, 2.45) is 0 Å². The van der Waals surface area contributed by atoms with E-state index < -0.39 is 0 Å². The summed E-state index contributed by atoms with van der Waals surface area (Å²) in [5, 5.41) is 3.07. The average Bonchev–Trinajstić information content (AvgIpc) is 3.08. The summed E-state index contributed by atoms with van der Waals surface area (Å²) in [4.78, 5) is 22.9. The SMILES string of the molecule is Cc1nc2ccc(CNC(=O)C(c3ccc(F)cc3)N3CCCCC3)cc2[nH]1. The molecule has 28 heavy (non-hydrogen) atoms. The Kier molecular flexibility index (Phi) is 5.39. The van der Waals surface area contributed by atoms with Gasteiger partial charge in [-0.2, -0.15) is 0 Å². The zero-order valence-electron chi connectivity index (χ0n) is 16.0. The summed E-state index contributed by atoms with van der Waals surface area (Å²) in [7, 11) is 0. The number of hydrogen-bond donors (Lipinski definition) is 2. The maximum absolute atomic E-state index is 13.4. The Morgan fingerprint density at radius 2 is 1.93 bits per heavy atom. The molecule has 1 fully saturated rings. The van der Waals surface area contributed by atoms with Gasteiger partial charge in [-0.1, -0.05) is 24.6 Å². The molecule has 0 aliphatic carbocycles. The molecule has 146 valence electrons. The lowest BCUT2D eigenvalue weighted by Gasteiger charge is -2.34. The van der Waals surface area contributed by atoms with E-state index in [-0.39, 0.29) is 17.8 Å². The number of aryl methyl sites for hydroxylation is 1. The Labute approximate surface area is 164 Å². The maximum Gasteiger partial charge on any atom is 0.242 e. The number of halogens is 1. The fourth-order valence-corrected chi connectivity index (χ4v) is 3.93. The second kappa shape index (κ2) is 8.10. The number of H-pyrrole nitrogens is 1. The van der Waals surface area contributed by atoms with Gasteiger partial charge in [0.15, 0.2) is 0 Å². The van der Waals surface area contributed by atoms with E-state index >= 15 is 0 Å². The van der Waals surface area contributed by atoms with Gasteiger partial charge in [0.1, 0.15) is 17.7 Å². The summed E-state index contributed by atoms with van der Waals surface area (Å²) < 4.78 is 13.4. The van der Waals surface area contributed by atoms with Gasteiger partial charge < -0.3 is 10.3 Å². The number of imidazole rings is 1. The topological polar surface area (TPSA) is 61.0 Å². The van der Waals surface area contributed by atoms with Gasteiger partial charge in [0.05, 0.1) is 11.0 Å². The van der Waals surface area contributed by atoms with Crippen molar-refractivity contribution in [3.8, 4) is 0 Å². The fourth-order valence-electron chi connectivity index (χ4n) is 3.93. The first-order valence-corrected chi connectivity index (χ1v) is 9.82. The van der Waals surface area contributed by atoms with E-state index in [1.807, 2.05) is 25.1 Å². The van der Waals surface area contributed by atoms with E-state index in [2.05, 4.69) is 20.2 Å². The molecule has 2 aromatic carbocycles. The molecule has 0 saturated carbocycles. The number of fused-ring (bicyclic) bond motifs is 1. The summed E-state index contributed by atoms with van der Waals surface area (Å²) in [6.07, 6.45) is 3.36. The highest BCUT2D eigenvalue weighted by Gasteiger charge is 2.28. The lowest BCUT2D eigenvalue weighted by Crippen LogP contribution is -2.42. The van der Waals surface area contributed by atoms with Gasteiger partial charge in [0.2, 0.25) is 5.91 Å². The van der Waals surface area contributed by atoms with Gasteiger partial charge in [-0.25, -0.2) is 9.37 Å². The van der Waals surface area contributed by atoms with E-state index in [0.29, 0.717) is 6.54 Å². The van der Waals surface area contributed by atoms with Crippen LogP contribution in [-0.4, -0.2) is 33.9 Å². The number of hydrogen-bond acceptors (Lipinski definition) is 3. The van der Waals surface area contributed by atoms with E-state index in [4.69, 9.17) is 0 Å². The van der Waals surface area contributed by atoms with Crippen LogP contribution >= 0.6 is 0 Å². The molecule has 1 unspecified atom stereocenters. The molecule has 5 nitrogen and oxygen atoms in total. The van der Waals surface area contributed by atoms with Crippen molar-refractivity contribution in [3.05, 3.63) is 65.2 Å². The van der Waals surface area contributed by atoms with E-state index in [1.165, 1.54) is 18.6 Å². The normalized spacial score (nSPS) is 16.2. The first-order chi connectivity index (χ1) is 13.6. The van der Waals surface area contributed by atoms with Gasteiger partial charge in [0.25, 0.3) is 0 Å². The number of rotatable bonds is 5. The number of nitrogens with one attached hydrogen (secondary N) is 2. The molecule has 4 rings (SSSR count). The molecule has 3 aromatic rings. The number of aromatic nitrogens is 2. The molecule has 2 N–H and O–H groups in total. The molecule has 6 heteroatoms. The Balaban J connectivity index is 1.51. The minimum atomic E-state index is -0.390. The van der Waals surface area contributed by atoms with Crippen LogP contribution < -0.4 is 5.32 Å². The predicted octanol–water partition coefficient (Wildman–Crippen LogP) is 3.85. The molecular formula is C22H25FN4O. The van der Waals surface area contributed by atoms with Crippen LogP contribution in [-0.2, 0) is 11.3 Å².